The Bertz CT molecular complexity index is 753. The van der Waals surface area contributed by atoms with Gasteiger partial charge in [-0.2, -0.15) is 4.31 Å². The lowest BCUT2D eigenvalue weighted by Crippen LogP contribution is -2.42. The monoisotopic (exact) mass is 398 g/mol. The lowest BCUT2D eigenvalue weighted by molar-refractivity contribution is 0.101. The Morgan fingerprint density at radius 3 is 2.52 bits per heavy atom. The van der Waals surface area contributed by atoms with Crippen molar-refractivity contribution < 1.29 is 22.6 Å². The minimum absolute atomic E-state index is 0.137. The van der Waals surface area contributed by atoms with E-state index >= 15 is 0 Å². The fourth-order valence-electron chi connectivity index (χ4n) is 3.86. The summed E-state index contributed by atoms with van der Waals surface area (Å²) in [5, 5.41) is 0. The van der Waals surface area contributed by atoms with Crippen LogP contribution in [0.2, 0.25) is 0 Å². The lowest BCUT2D eigenvalue weighted by atomic mass is 9.97. The van der Waals surface area contributed by atoms with Crippen LogP contribution < -0.4 is 9.47 Å². The van der Waals surface area contributed by atoms with Gasteiger partial charge in [-0.25, -0.2) is 8.42 Å². The summed E-state index contributed by atoms with van der Waals surface area (Å²) in [5.74, 6) is 1.83. The van der Waals surface area contributed by atoms with E-state index in [2.05, 4.69) is 17.0 Å². The molecule has 27 heavy (non-hydrogen) atoms. The molecule has 0 saturated carbocycles. The molecule has 1 saturated heterocycles. The molecule has 1 atom stereocenters. The van der Waals surface area contributed by atoms with Crippen molar-refractivity contribution >= 4 is 10.0 Å². The third kappa shape index (κ3) is 4.74. The molecular formula is C19H30N2O5S. The van der Waals surface area contributed by atoms with Gasteiger partial charge in [-0.3, -0.25) is 4.90 Å². The van der Waals surface area contributed by atoms with Gasteiger partial charge in [-0.1, -0.05) is 0 Å². The zero-order valence-corrected chi connectivity index (χ0v) is 17.3. The zero-order chi connectivity index (χ0) is 19.4. The van der Waals surface area contributed by atoms with Crippen molar-refractivity contribution in [1.82, 2.24) is 9.21 Å². The van der Waals surface area contributed by atoms with Gasteiger partial charge in [0.15, 0.2) is 11.5 Å². The maximum atomic E-state index is 12.3. The van der Waals surface area contributed by atoms with Crippen LogP contribution in [0.4, 0.5) is 0 Å². The van der Waals surface area contributed by atoms with Crippen molar-refractivity contribution in [1.29, 1.82) is 0 Å². The highest BCUT2D eigenvalue weighted by molar-refractivity contribution is 7.89. The normalized spacial score (nSPS) is 22.1. The number of fused-ring (bicyclic) bond motifs is 1. The van der Waals surface area contributed by atoms with Crippen molar-refractivity contribution in [2.45, 2.75) is 19.9 Å². The number of hydrogen-bond acceptors (Lipinski definition) is 6. The third-order valence-electron chi connectivity index (χ3n) is 5.37. The van der Waals surface area contributed by atoms with Gasteiger partial charge in [0.25, 0.3) is 0 Å². The molecule has 7 nitrogen and oxygen atoms in total. The summed E-state index contributed by atoms with van der Waals surface area (Å²) in [5.41, 5.74) is 2.53. The van der Waals surface area contributed by atoms with Gasteiger partial charge in [0.1, 0.15) is 0 Å². The molecule has 2 heterocycles. The van der Waals surface area contributed by atoms with Crippen molar-refractivity contribution in [2.75, 3.05) is 59.4 Å². The number of sulfonamides is 1. The highest BCUT2D eigenvalue weighted by Gasteiger charge is 2.29. The van der Waals surface area contributed by atoms with Crippen LogP contribution in [0.25, 0.3) is 0 Å². The summed E-state index contributed by atoms with van der Waals surface area (Å²) >= 11 is 0. The number of rotatable bonds is 6. The Hall–Kier alpha value is -1.35. The van der Waals surface area contributed by atoms with Gasteiger partial charge in [-0.05, 0) is 36.6 Å². The summed E-state index contributed by atoms with van der Waals surface area (Å²) < 4.78 is 42.7. The number of methoxy groups -OCH3 is 2. The summed E-state index contributed by atoms with van der Waals surface area (Å²) in [4.78, 5) is 2.38. The van der Waals surface area contributed by atoms with Crippen LogP contribution in [-0.2, 0) is 27.7 Å². The molecule has 3 rings (SSSR count). The topological polar surface area (TPSA) is 68.3 Å². The van der Waals surface area contributed by atoms with Crippen LogP contribution in [0.1, 0.15) is 18.1 Å². The second-order valence-electron chi connectivity index (χ2n) is 7.16. The number of ether oxygens (including phenoxy) is 3. The SMILES string of the molecule is CCS(=O)(=O)N1CCOCC(CN2CCc3cc(OC)c(OC)cc3C2)C1. The van der Waals surface area contributed by atoms with Crippen LogP contribution in [-0.4, -0.2) is 77.0 Å². The number of benzene rings is 1. The molecule has 1 aromatic rings. The number of nitrogens with zero attached hydrogens (tertiary/aromatic N) is 2. The predicted octanol–water partition coefficient (Wildman–Crippen LogP) is 1.36. The number of hydrogen-bond donors (Lipinski definition) is 0. The molecule has 0 aliphatic carbocycles. The maximum Gasteiger partial charge on any atom is 0.213 e. The minimum Gasteiger partial charge on any atom is -0.493 e. The van der Waals surface area contributed by atoms with Crippen LogP contribution >= 0.6 is 0 Å². The molecule has 152 valence electrons. The van der Waals surface area contributed by atoms with Crippen molar-refractivity contribution in [2.24, 2.45) is 5.92 Å². The summed E-state index contributed by atoms with van der Waals surface area (Å²) in [6.45, 7) is 6.34. The van der Waals surface area contributed by atoms with E-state index < -0.39 is 10.0 Å². The van der Waals surface area contributed by atoms with Gasteiger partial charge in [0.2, 0.25) is 10.0 Å². The highest BCUT2D eigenvalue weighted by Crippen LogP contribution is 2.33. The van der Waals surface area contributed by atoms with E-state index in [1.807, 2.05) is 0 Å². The zero-order valence-electron chi connectivity index (χ0n) is 16.4. The van der Waals surface area contributed by atoms with E-state index in [-0.39, 0.29) is 11.7 Å². The fraction of sp³-hybridized carbons (Fsp3) is 0.684. The Morgan fingerprint density at radius 1 is 1.15 bits per heavy atom. The molecule has 0 bridgehead atoms. The molecule has 1 unspecified atom stereocenters. The van der Waals surface area contributed by atoms with Gasteiger partial charge >= 0.3 is 0 Å². The van der Waals surface area contributed by atoms with Crippen molar-refractivity contribution in [3.8, 4) is 11.5 Å². The first-order valence-electron chi connectivity index (χ1n) is 9.48. The molecule has 0 amide bonds. The molecule has 0 aromatic heterocycles. The average molecular weight is 399 g/mol. The van der Waals surface area contributed by atoms with E-state index in [0.29, 0.717) is 26.3 Å². The smallest absolute Gasteiger partial charge is 0.213 e. The molecule has 2 aliphatic heterocycles. The quantitative estimate of drug-likeness (QED) is 0.721. The molecule has 0 spiro atoms. The van der Waals surface area contributed by atoms with Gasteiger partial charge in [-0.15, -0.1) is 0 Å². The Labute approximate surface area is 162 Å². The Kier molecular flexibility index (Phi) is 6.62. The van der Waals surface area contributed by atoms with Crippen LogP contribution in [0.5, 0.6) is 11.5 Å². The molecule has 1 aromatic carbocycles. The van der Waals surface area contributed by atoms with Gasteiger partial charge in [0.05, 0.1) is 33.2 Å². The Morgan fingerprint density at radius 2 is 1.85 bits per heavy atom. The second kappa shape index (κ2) is 8.77. The summed E-state index contributed by atoms with van der Waals surface area (Å²) in [6.07, 6.45) is 0.945. The van der Waals surface area contributed by atoms with Crippen LogP contribution in [0.15, 0.2) is 12.1 Å². The van der Waals surface area contributed by atoms with Gasteiger partial charge in [0, 0.05) is 38.6 Å². The van der Waals surface area contributed by atoms with Crippen LogP contribution in [0.3, 0.4) is 0 Å². The highest BCUT2D eigenvalue weighted by atomic mass is 32.2. The maximum absolute atomic E-state index is 12.3. The van der Waals surface area contributed by atoms with Gasteiger partial charge < -0.3 is 14.2 Å². The van der Waals surface area contributed by atoms with E-state index in [9.17, 15) is 8.42 Å². The standard InChI is InChI=1S/C19H30N2O5S/c1-4-27(22,23)21-7-8-26-14-15(12-21)11-20-6-5-16-9-18(24-2)19(25-3)10-17(16)13-20/h9-10,15H,4-8,11-14H2,1-3H3. The molecule has 0 N–H and O–H groups in total. The van der Waals surface area contributed by atoms with E-state index in [1.165, 1.54) is 11.1 Å². The average Bonchev–Trinajstić information content (AvgIpc) is 2.93. The van der Waals surface area contributed by atoms with E-state index in [4.69, 9.17) is 14.2 Å². The minimum atomic E-state index is -3.18. The predicted molar refractivity (Wildman–Crippen MR) is 104 cm³/mol. The largest absolute Gasteiger partial charge is 0.493 e. The summed E-state index contributed by atoms with van der Waals surface area (Å²) in [6, 6.07) is 4.12. The molecule has 2 aliphatic rings. The molecular weight excluding hydrogens is 368 g/mol. The fourth-order valence-corrected chi connectivity index (χ4v) is 5.01. The molecule has 0 radical (unpaired) electrons. The Balaban J connectivity index is 1.68. The lowest BCUT2D eigenvalue weighted by Gasteiger charge is -2.33. The summed E-state index contributed by atoms with van der Waals surface area (Å²) in [7, 11) is 0.124. The third-order valence-corrected chi connectivity index (χ3v) is 7.22. The first kappa shape index (κ1) is 20.4. The van der Waals surface area contributed by atoms with Crippen molar-refractivity contribution in [3.63, 3.8) is 0 Å². The van der Waals surface area contributed by atoms with Crippen LogP contribution in [0, 0.1) is 5.92 Å². The first-order chi connectivity index (χ1) is 13.0. The first-order valence-corrected chi connectivity index (χ1v) is 11.1. The van der Waals surface area contributed by atoms with Crippen molar-refractivity contribution in [3.05, 3.63) is 23.3 Å². The molecule has 1 fully saturated rings. The second-order valence-corrected chi connectivity index (χ2v) is 9.42. The molecule has 8 heteroatoms. The van der Waals surface area contributed by atoms with E-state index in [1.54, 1.807) is 25.4 Å². The van der Waals surface area contributed by atoms with E-state index in [0.717, 1.165) is 37.6 Å².